The molecule has 0 unspecified atom stereocenters. The zero-order chi connectivity index (χ0) is 30.8. The van der Waals surface area contributed by atoms with E-state index in [-0.39, 0.29) is 38.9 Å². The van der Waals surface area contributed by atoms with Crippen LogP contribution in [0.3, 0.4) is 0 Å². The molecule has 0 aliphatic carbocycles. The van der Waals surface area contributed by atoms with Crippen molar-refractivity contribution < 1.29 is 41.7 Å². The van der Waals surface area contributed by atoms with Gasteiger partial charge in [-0.05, 0) is 67.9 Å². The third-order valence-corrected chi connectivity index (χ3v) is 6.27. The summed E-state index contributed by atoms with van der Waals surface area (Å²) in [5.41, 5.74) is 5.64. The molecule has 0 spiro atoms. The first kappa shape index (κ1) is 31.6. The van der Waals surface area contributed by atoms with Crippen molar-refractivity contribution >= 4 is 23.4 Å². The fourth-order valence-electron chi connectivity index (χ4n) is 3.64. The Labute approximate surface area is 237 Å². The summed E-state index contributed by atoms with van der Waals surface area (Å²) in [6.07, 6.45) is -5.31. The van der Waals surface area contributed by atoms with Gasteiger partial charge >= 0.3 is 6.18 Å². The van der Waals surface area contributed by atoms with E-state index in [0.29, 0.717) is 0 Å². The van der Waals surface area contributed by atoms with Gasteiger partial charge < -0.3 is 31.4 Å². The number of methoxy groups -OCH3 is 1. The molecule has 1 aromatic heterocycles. The van der Waals surface area contributed by atoms with Crippen LogP contribution in [0.15, 0.2) is 48.5 Å². The average Bonchev–Trinajstić information content (AvgIpc) is 2.90. The summed E-state index contributed by atoms with van der Waals surface area (Å²) >= 11 is 5.86. The topological polar surface area (TPSA) is 150 Å². The van der Waals surface area contributed by atoms with E-state index >= 15 is 0 Å². The van der Waals surface area contributed by atoms with Gasteiger partial charge in [-0.1, -0.05) is 11.6 Å². The second-order valence-corrected chi connectivity index (χ2v) is 10.0. The maximum atomic E-state index is 14.4. The van der Waals surface area contributed by atoms with E-state index < -0.39 is 53.8 Å². The van der Waals surface area contributed by atoms with Crippen LogP contribution in [0.1, 0.15) is 35.5 Å². The van der Waals surface area contributed by atoms with Crippen LogP contribution in [0.4, 0.5) is 17.6 Å². The molecule has 3 aromatic rings. The number of hydrogen-bond acceptors (Lipinski definition) is 7. The van der Waals surface area contributed by atoms with E-state index in [1.165, 1.54) is 57.4 Å². The predicted octanol–water partition coefficient (Wildman–Crippen LogP) is 3.79. The number of aromatic nitrogens is 1. The molecule has 0 fully saturated rings. The number of primary amides is 1. The zero-order valence-electron chi connectivity index (χ0n) is 22.1. The van der Waals surface area contributed by atoms with Gasteiger partial charge in [-0.3, -0.25) is 9.59 Å². The maximum absolute atomic E-state index is 14.4. The van der Waals surface area contributed by atoms with Crippen molar-refractivity contribution in [3.8, 4) is 22.8 Å². The van der Waals surface area contributed by atoms with Crippen molar-refractivity contribution in [2.75, 3.05) is 20.3 Å². The number of hydrogen-bond donors (Lipinski definition) is 4. The lowest BCUT2D eigenvalue weighted by Crippen LogP contribution is -2.51. The van der Waals surface area contributed by atoms with Crippen LogP contribution in [-0.2, 0) is 15.9 Å². The molecule has 1 atom stereocenters. The zero-order valence-corrected chi connectivity index (χ0v) is 22.9. The van der Waals surface area contributed by atoms with Crippen molar-refractivity contribution in [2.45, 2.75) is 31.2 Å². The summed E-state index contributed by atoms with van der Waals surface area (Å²) in [6, 6.07) is 9.50. The second-order valence-electron chi connectivity index (χ2n) is 9.64. The summed E-state index contributed by atoms with van der Waals surface area (Å²) in [7, 11) is 1.25. The molecule has 0 bridgehead atoms. The third kappa shape index (κ3) is 7.23. The average molecular weight is 599 g/mol. The lowest BCUT2D eigenvalue weighted by Gasteiger charge is -2.32. The first-order chi connectivity index (χ1) is 19.0. The molecule has 2 aromatic carbocycles. The Hall–Kier alpha value is -3.94. The summed E-state index contributed by atoms with van der Waals surface area (Å²) in [4.78, 5) is 27.8. The Morgan fingerprint density at radius 3 is 2.32 bits per heavy atom. The molecule has 0 aliphatic heterocycles. The number of nitrogens with two attached hydrogens (primary N) is 2. The van der Waals surface area contributed by atoms with E-state index in [4.69, 9.17) is 32.5 Å². The highest BCUT2D eigenvalue weighted by atomic mass is 35.5. The fourth-order valence-corrected chi connectivity index (χ4v) is 3.82. The number of rotatable bonds is 10. The number of halogens is 5. The minimum Gasteiger partial charge on any atom is -0.493 e. The number of aliphatic hydroxyl groups is 1. The van der Waals surface area contributed by atoms with Gasteiger partial charge in [-0.25, -0.2) is 9.37 Å². The number of alkyl halides is 3. The van der Waals surface area contributed by atoms with E-state index in [1.807, 2.05) is 0 Å². The third-order valence-electron chi connectivity index (χ3n) is 5.98. The van der Waals surface area contributed by atoms with Gasteiger partial charge in [0, 0.05) is 16.7 Å². The molecular weight excluding hydrogens is 572 g/mol. The van der Waals surface area contributed by atoms with Gasteiger partial charge in [0.05, 0.1) is 30.1 Å². The van der Waals surface area contributed by atoms with E-state index in [1.54, 1.807) is 0 Å². The summed E-state index contributed by atoms with van der Waals surface area (Å²) < 4.78 is 67.3. The van der Waals surface area contributed by atoms with Crippen LogP contribution < -0.4 is 26.3 Å². The van der Waals surface area contributed by atoms with Crippen LogP contribution in [0, 0.1) is 5.82 Å². The molecule has 0 radical (unpaired) electrons. The largest absolute Gasteiger partial charge is 0.493 e. The second kappa shape index (κ2) is 11.9. The monoisotopic (exact) mass is 598 g/mol. The van der Waals surface area contributed by atoms with Crippen LogP contribution in [0.2, 0.25) is 5.02 Å². The molecule has 3 rings (SSSR count). The molecule has 14 heteroatoms. The predicted molar refractivity (Wildman–Crippen MR) is 142 cm³/mol. The number of nitrogens with zero attached hydrogens (tertiary/aromatic N) is 1. The lowest BCUT2D eigenvalue weighted by atomic mass is 9.89. The van der Waals surface area contributed by atoms with Gasteiger partial charge in [-0.2, -0.15) is 13.2 Å². The molecule has 6 N–H and O–H groups in total. The quantitative estimate of drug-likeness (QED) is 0.259. The molecule has 0 saturated heterocycles. The highest BCUT2D eigenvalue weighted by Crippen LogP contribution is 2.40. The molecular formula is C27H27ClF4N4O5. The fraction of sp³-hybridized carbons (Fsp3) is 0.296. The Bertz CT molecular complexity index is 1460. The number of benzene rings is 2. The summed E-state index contributed by atoms with van der Waals surface area (Å²) in [6.45, 7) is 1.26. The van der Waals surface area contributed by atoms with Gasteiger partial charge in [0.2, 0.25) is 5.60 Å². The molecule has 41 heavy (non-hydrogen) atoms. The molecule has 2 amide bonds. The molecule has 9 nitrogen and oxygen atoms in total. The minimum atomic E-state index is -5.31. The van der Waals surface area contributed by atoms with Crippen molar-refractivity contribution in [1.29, 1.82) is 0 Å². The molecule has 0 saturated carbocycles. The smallest absolute Gasteiger partial charge is 0.424 e. The normalized spacial score (nSPS) is 13.3. The Morgan fingerprint density at radius 1 is 1.07 bits per heavy atom. The Morgan fingerprint density at radius 2 is 1.76 bits per heavy atom. The summed E-state index contributed by atoms with van der Waals surface area (Å²) in [5.74, 6) is -2.43. The van der Waals surface area contributed by atoms with Crippen molar-refractivity contribution in [3.05, 3.63) is 76.2 Å². The van der Waals surface area contributed by atoms with Gasteiger partial charge in [-0.15, -0.1) is 0 Å². The van der Waals surface area contributed by atoms with E-state index in [0.717, 1.165) is 12.1 Å². The van der Waals surface area contributed by atoms with Crippen LogP contribution in [0.25, 0.3) is 11.3 Å². The van der Waals surface area contributed by atoms with E-state index in [9.17, 15) is 32.3 Å². The van der Waals surface area contributed by atoms with Crippen molar-refractivity contribution in [2.24, 2.45) is 11.5 Å². The van der Waals surface area contributed by atoms with Crippen molar-refractivity contribution in [3.63, 3.8) is 0 Å². The Balaban J connectivity index is 2.01. The SMILES string of the molecule is COc1cc(C(=O)NC[C@](O)(c2cc(C(C)(C)N)cc(-c3ccc(F)c(Cl)c3)n2)C(F)(F)F)ccc1OCC(N)=O. The lowest BCUT2D eigenvalue weighted by molar-refractivity contribution is -0.265. The number of pyridine rings is 1. The van der Waals surface area contributed by atoms with Gasteiger partial charge in [0.25, 0.3) is 11.8 Å². The molecule has 220 valence electrons. The molecule has 1 heterocycles. The van der Waals surface area contributed by atoms with Crippen LogP contribution >= 0.6 is 11.6 Å². The number of nitrogens with one attached hydrogen (secondary N) is 1. The van der Waals surface area contributed by atoms with E-state index in [2.05, 4.69) is 10.3 Å². The van der Waals surface area contributed by atoms with Crippen LogP contribution in [0.5, 0.6) is 11.5 Å². The number of ether oxygens (including phenoxy) is 2. The highest BCUT2D eigenvalue weighted by Gasteiger charge is 2.56. The number of amides is 2. The summed E-state index contributed by atoms with van der Waals surface area (Å²) in [5, 5.41) is 12.8. The number of carbonyl (C=O) groups is 2. The maximum Gasteiger partial charge on any atom is 0.424 e. The van der Waals surface area contributed by atoms with Gasteiger partial charge in [0.15, 0.2) is 18.1 Å². The Kier molecular flexibility index (Phi) is 9.16. The first-order valence-electron chi connectivity index (χ1n) is 11.9. The van der Waals surface area contributed by atoms with Crippen molar-refractivity contribution in [1.82, 2.24) is 10.3 Å². The van der Waals surface area contributed by atoms with Gasteiger partial charge in [0.1, 0.15) is 5.82 Å². The first-order valence-corrected chi connectivity index (χ1v) is 12.3. The standard InChI is InChI=1S/C27H27ClF4N4O5/c1-25(2,34)16-10-19(14-4-6-18(29)17(28)8-14)36-22(11-16)26(39,27(30,31)32)13-35-24(38)15-5-7-20(21(9-15)40-3)41-12-23(33)37/h4-11,39H,12-13,34H2,1-3H3,(H2,33,37)(H,35,38)/t26-/m0/s1. The highest BCUT2D eigenvalue weighted by molar-refractivity contribution is 6.31. The number of carbonyl (C=O) groups excluding carboxylic acids is 2. The minimum absolute atomic E-state index is 0.00660. The molecule has 0 aliphatic rings. The van der Waals surface area contributed by atoms with Crippen LogP contribution in [-0.4, -0.2) is 48.3 Å².